The summed E-state index contributed by atoms with van der Waals surface area (Å²) in [6.07, 6.45) is -3.54. The lowest BCUT2D eigenvalue weighted by Gasteiger charge is -2.14. The fourth-order valence-electron chi connectivity index (χ4n) is 1.96. The molecule has 0 saturated carbocycles. The molecule has 0 aromatic heterocycles. The van der Waals surface area contributed by atoms with Crippen LogP contribution in [0.2, 0.25) is 0 Å². The van der Waals surface area contributed by atoms with Crippen molar-refractivity contribution in [2.24, 2.45) is 0 Å². The van der Waals surface area contributed by atoms with Gasteiger partial charge in [0.15, 0.2) is 6.29 Å². The Hall–Kier alpha value is -2.43. The quantitative estimate of drug-likeness (QED) is 0.795. The summed E-state index contributed by atoms with van der Waals surface area (Å²) >= 11 is 0. The van der Waals surface area contributed by atoms with E-state index in [0.29, 0.717) is 12.6 Å². The lowest BCUT2D eigenvalue weighted by Crippen LogP contribution is -2.07. The summed E-state index contributed by atoms with van der Waals surface area (Å²) in [5, 5.41) is 0. The minimum Gasteiger partial charge on any atom is -0.298 e. The van der Waals surface area contributed by atoms with Gasteiger partial charge in [-0.3, -0.25) is 9.59 Å². The first-order valence-corrected chi connectivity index (χ1v) is 5.68. The van der Waals surface area contributed by atoms with Gasteiger partial charge >= 0.3 is 6.18 Å². The van der Waals surface area contributed by atoms with E-state index in [0.717, 1.165) is 6.07 Å². The molecule has 102 valence electrons. The van der Waals surface area contributed by atoms with Gasteiger partial charge in [-0.25, -0.2) is 0 Å². The van der Waals surface area contributed by atoms with Crippen molar-refractivity contribution in [1.29, 1.82) is 0 Å². The first-order chi connectivity index (χ1) is 9.47. The van der Waals surface area contributed by atoms with Gasteiger partial charge in [0.1, 0.15) is 6.29 Å². The molecule has 20 heavy (non-hydrogen) atoms. The molecule has 0 fully saturated rings. The number of hydrogen-bond donors (Lipinski definition) is 0. The number of benzene rings is 2. The molecule has 0 N–H and O–H groups in total. The maximum Gasteiger partial charge on any atom is 0.417 e. The smallest absolute Gasteiger partial charge is 0.298 e. The summed E-state index contributed by atoms with van der Waals surface area (Å²) in [5.74, 6) is 0. The zero-order valence-electron chi connectivity index (χ0n) is 10.1. The molecular formula is C15H9F3O2. The van der Waals surface area contributed by atoms with E-state index in [4.69, 9.17) is 0 Å². The Morgan fingerprint density at radius 3 is 2.15 bits per heavy atom. The third kappa shape index (κ3) is 2.61. The van der Waals surface area contributed by atoms with Gasteiger partial charge in [-0.15, -0.1) is 0 Å². The molecule has 2 rings (SSSR count). The Balaban J connectivity index is 2.69. The number of hydrogen-bond acceptors (Lipinski definition) is 2. The van der Waals surface area contributed by atoms with E-state index >= 15 is 0 Å². The van der Waals surface area contributed by atoms with Crippen molar-refractivity contribution < 1.29 is 22.8 Å². The molecule has 0 aliphatic heterocycles. The van der Waals surface area contributed by atoms with Crippen molar-refractivity contribution in [3.8, 4) is 11.1 Å². The second-order valence-electron chi connectivity index (χ2n) is 4.13. The number of rotatable bonds is 3. The molecule has 2 aromatic carbocycles. The molecule has 0 amide bonds. The SMILES string of the molecule is O=Cc1ccc(-c2ccccc2C(F)(F)F)c(C=O)c1. The fourth-order valence-corrected chi connectivity index (χ4v) is 1.96. The highest BCUT2D eigenvalue weighted by Crippen LogP contribution is 2.37. The highest BCUT2D eigenvalue weighted by molar-refractivity contribution is 5.91. The van der Waals surface area contributed by atoms with Crippen LogP contribution in [0.5, 0.6) is 0 Å². The predicted octanol–water partition coefficient (Wildman–Crippen LogP) is 4.00. The largest absolute Gasteiger partial charge is 0.417 e. The third-order valence-corrected chi connectivity index (χ3v) is 2.86. The maximum atomic E-state index is 13.0. The minimum atomic E-state index is -4.51. The molecule has 0 atom stereocenters. The van der Waals surface area contributed by atoms with Crippen molar-refractivity contribution in [1.82, 2.24) is 0 Å². The predicted molar refractivity (Wildman–Crippen MR) is 67.7 cm³/mol. The summed E-state index contributed by atoms with van der Waals surface area (Å²) < 4.78 is 38.9. The van der Waals surface area contributed by atoms with Crippen molar-refractivity contribution in [3.05, 3.63) is 59.2 Å². The highest BCUT2D eigenvalue weighted by atomic mass is 19.4. The standard InChI is InChI=1S/C15H9F3O2/c16-15(17,18)14-4-2-1-3-13(14)12-6-5-10(8-19)7-11(12)9-20/h1-9H. The number of aldehydes is 2. The Kier molecular flexibility index (Phi) is 3.70. The van der Waals surface area contributed by atoms with E-state index in [1.807, 2.05) is 0 Å². The van der Waals surface area contributed by atoms with Gasteiger partial charge in [0, 0.05) is 11.1 Å². The lowest BCUT2D eigenvalue weighted by molar-refractivity contribution is -0.137. The van der Waals surface area contributed by atoms with Crippen LogP contribution in [0.15, 0.2) is 42.5 Å². The molecule has 0 spiro atoms. The molecule has 0 heterocycles. The van der Waals surface area contributed by atoms with Crippen LogP contribution >= 0.6 is 0 Å². The van der Waals surface area contributed by atoms with Crippen molar-refractivity contribution in [3.63, 3.8) is 0 Å². The van der Waals surface area contributed by atoms with E-state index in [2.05, 4.69) is 0 Å². The Morgan fingerprint density at radius 2 is 1.55 bits per heavy atom. The highest BCUT2D eigenvalue weighted by Gasteiger charge is 2.33. The van der Waals surface area contributed by atoms with Crippen LogP contribution in [0.25, 0.3) is 11.1 Å². The van der Waals surface area contributed by atoms with Crippen molar-refractivity contribution in [2.45, 2.75) is 6.18 Å². The maximum absolute atomic E-state index is 13.0. The van der Waals surface area contributed by atoms with Crippen LogP contribution in [-0.4, -0.2) is 12.6 Å². The molecule has 0 bridgehead atoms. The van der Waals surface area contributed by atoms with Crippen LogP contribution < -0.4 is 0 Å². The average Bonchev–Trinajstić information content (AvgIpc) is 2.45. The Labute approximate surface area is 112 Å². The van der Waals surface area contributed by atoms with Crippen molar-refractivity contribution >= 4 is 12.6 Å². The Morgan fingerprint density at radius 1 is 0.850 bits per heavy atom. The zero-order chi connectivity index (χ0) is 14.8. The van der Waals surface area contributed by atoms with E-state index in [1.165, 1.54) is 36.4 Å². The molecule has 0 aliphatic rings. The second-order valence-corrected chi connectivity index (χ2v) is 4.13. The summed E-state index contributed by atoms with van der Waals surface area (Å²) in [7, 11) is 0. The van der Waals surface area contributed by atoms with Gasteiger partial charge in [-0.2, -0.15) is 13.2 Å². The monoisotopic (exact) mass is 278 g/mol. The van der Waals surface area contributed by atoms with E-state index in [1.54, 1.807) is 0 Å². The van der Waals surface area contributed by atoms with E-state index < -0.39 is 11.7 Å². The molecule has 5 heteroatoms. The van der Waals surface area contributed by atoms with E-state index in [9.17, 15) is 22.8 Å². The number of alkyl halides is 3. The first kappa shape index (κ1) is 14.0. The summed E-state index contributed by atoms with van der Waals surface area (Å²) in [6.45, 7) is 0. The molecular weight excluding hydrogens is 269 g/mol. The van der Waals surface area contributed by atoms with Gasteiger partial charge < -0.3 is 0 Å². The van der Waals surface area contributed by atoms with Crippen molar-refractivity contribution in [2.75, 3.05) is 0 Å². The zero-order valence-corrected chi connectivity index (χ0v) is 10.1. The van der Waals surface area contributed by atoms with Crippen LogP contribution in [0, 0.1) is 0 Å². The third-order valence-electron chi connectivity index (χ3n) is 2.86. The van der Waals surface area contributed by atoms with Gasteiger partial charge in [0.05, 0.1) is 5.56 Å². The van der Waals surface area contributed by atoms with Crippen LogP contribution in [0.1, 0.15) is 26.3 Å². The Bertz CT molecular complexity index is 660. The van der Waals surface area contributed by atoms with E-state index in [-0.39, 0.29) is 22.3 Å². The van der Waals surface area contributed by atoms with Gasteiger partial charge in [0.2, 0.25) is 0 Å². The van der Waals surface area contributed by atoms with Gasteiger partial charge in [-0.1, -0.05) is 30.3 Å². The number of carbonyl (C=O) groups is 2. The summed E-state index contributed by atoms with van der Waals surface area (Å²) in [5.41, 5.74) is -0.466. The molecule has 0 saturated heterocycles. The molecule has 2 aromatic rings. The van der Waals surface area contributed by atoms with Gasteiger partial charge in [0.25, 0.3) is 0 Å². The van der Waals surface area contributed by atoms with Crippen LogP contribution in [0.4, 0.5) is 13.2 Å². The minimum absolute atomic E-state index is 0.0475. The first-order valence-electron chi connectivity index (χ1n) is 5.68. The molecule has 0 aliphatic carbocycles. The average molecular weight is 278 g/mol. The lowest BCUT2D eigenvalue weighted by atomic mass is 9.94. The summed E-state index contributed by atoms with van der Waals surface area (Å²) in [4.78, 5) is 21.7. The van der Waals surface area contributed by atoms with Crippen LogP contribution in [-0.2, 0) is 6.18 Å². The second kappa shape index (κ2) is 5.28. The van der Waals surface area contributed by atoms with Gasteiger partial charge in [-0.05, 0) is 23.3 Å². The fraction of sp³-hybridized carbons (Fsp3) is 0.0667. The number of carbonyl (C=O) groups excluding carboxylic acids is 2. The normalized spacial score (nSPS) is 11.2. The molecule has 0 radical (unpaired) electrons. The topological polar surface area (TPSA) is 34.1 Å². The summed E-state index contributed by atoms with van der Waals surface area (Å²) in [6, 6.07) is 8.99. The molecule has 2 nitrogen and oxygen atoms in total. The number of halogens is 3. The molecule has 0 unspecified atom stereocenters. The van der Waals surface area contributed by atoms with Crippen LogP contribution in [0.3, 0.4) is 0 Å².